The van der Waals surface area contributed by atoms with Gasteiger partial charge in [-0.2, -0.15) is 0 Å². The lowest BCUT2D eigenvalue weighted by Gasteiger charge is -2.16. The summed E-state index contributed by atoms with van der Waals surface area (Å²) in [5, 5.41) is 0.976. The Hall–Kier alpha value is -1.70. The van der Waals surface area contributed by atoms with Crippen molar-refractivity contribution in [2.75, 3.05) is 0 Å². The van der Waals surface area contributed by atoms with Crippen LogP contribution in [0.15, 0.2) is 30.3 Å². The Morgan fingerprint density at radius 1 is 1.19 bits per heavy atom. The molecule has 1 aromatic carbocycles. The molecule has 0 fully saturated rings. The summed E-state index contributed by atoms with van der Waals surface area (Å²) in [6, 6.07) is 7.95. The Morgan fingerprint density at radius 3 is 2.81 bits per heavy atom. The van der Waals surface area contributed by atoms with Gasteiger partial charge in [0.15, 0.2) is 5.82 Å². The Morgan fingerprint density at radius 2 is 2.05 bits per heavy atom. The predicted octanol–water partition coefficient (Wildman–Crippen LogP) is 5.67. The van der Waals surface area contributed by atoms with E-state index in [1.54, 1.807) is 0 Å². The highest BCUT2D eigenvalue weighted by molar-refractivity contribution is 5.85. The first-order valence-electron chi connectivity index (χ1n) is 8.07. The van der Waals surface area contributed by atoms with Crippen LogP contribution in [0.25, 0.3) is 16.5 Å². The van der Waals surface area contributed by atoms with Gasteiger partial charge >= 0.3 is 0 Å². The van der Waals surface area contributed by atoms with Gasteiger partial charge in [0.1, 0.15) is 5.69 Å². The van der Waals surface area contributed by atoms with Crippen LogP contribution in [-0.2, 0) is 6.42 Å². The number of allylic oxidation sites excluding steroid dienone is 2. The Bertz CT molecular complexity index is 673. The standard InChI is InChI=1S/C19H22FN/c1-2-3-11-16-15-12-7-8-13-17(15)21-19(18(16)20)14-9-5-4-6-10-14/h7-9,12-13H,2-6,10-11H2,1H3. The number of hydrogen-bond acceptors (Lipinski definition) is 1. The molecule has 21 heavy (non-hydrogen) atoms. The molecule has 0 unspecified atom stereocenters. The number of para-hydroxylation sites is 1. The fourth-order valence-corrected chi connectivity index (χ4v) is 3.12. The molecule has 0 radical (unpaired) electrons. The topological polar surface area (TPSA) is 12.9 Å². The molecule has 1 heterocycles. The molecule has 1 aromatic heterocycles. The molecule has 0 saturated heterocycles. The molecule has 1 nitrogen and oxygen atoms in total. The molecule has 110 valence electrons. The van der Waals surface area contributed by atoms with Gasteiger partial charge in [0, 0.05) is 5.39 Å². The summed E-state index contributed by atoms with van der Waals surface area (Å²) in [6.45, 7) is 2.14. The number of halogens is 1. The average Bonchev–Trinajstić information content (AvgIpc) is 2.54. The molecule has 0 atom stereocenters. The van der Waals surface area contributed by atoms with Gasteiger partial charge in [0.2, 0.25) is 0 Å². The van der Waals surface area contributed by atoms with E-state index in [0.717, 1.165) is 60.6 Å². The van der Waals surface area contributed by atoms with E-state index in [1.807, 2.05) is 24.3 Å². The van der Waals surface area contributed by atoms with Crippen molar-refractivity contribution in [3.63, 3.8) is 0 Å². The van der Waals surface area contributed by atoms with Crippen molar-refractivity contribution in [3.05, 3.63) is 47.4 Å². The summed E-state index contributed by atoms with van der Waals surface area (Å²) in [5.74, 6) is -0.0877. The maximum absolute atomic E-state index is 15.0. The van der Waals surface area contributed by atoms with Crippen molar-refractivity contribution < 1.29 is 4.39 Å². The fraction of sp³-hybridized carbons (Fsp3) is 0.421. The number of unbranched alkanes of at least 4 members (excludes halogenated alkanes) is 1. The lowest BCUT2D eigenvalue weighted by atomic mass is 9.93. The van der Waals surface area contributed by atoms with Gasteiger partial charge in [-0.05, 0) is 55.7 Å². The monoisotopic (exact) mass is 283 g/mol. The Kier molecular flexibility index (Phi) is 4.33. The lowest BCUT2D eigenvalue weighted by Crippen LogP contribution is -2.04. The quantitative estimate of drug-likeness (QED) is 0.704. The third-order valence-corrected chi connectivity index (χ3v) is 4.31. The summed E-state index contributed by atoms with van der Waals surface area (Å²) >= 11 is 0. The van der Waals surface area contributed by atoms with E-state index in [9.17, 15) is 0 Å². The van der Waals surface area contributed by atoms with Crippen LogP contribution < -0.4 is 0 Å². The number of rotatable bonds is 4. The van der Waals surface area contributed by atoms with Crippen LogP contribution in [0.5, 0.6) is 0 Å². The Labute approximate surface area is 125 Å². The number of hydrogen-bond donors (Lipinski definition) is 0. The molecular formula is C19H22FN. The zero-order valence-electron chi connectivity index (χ0n) is 12.7. The molecule has 2 heteroatoms. The molecule has 0 spiro atoms. The third kappa shape index (κ3) is 2.85. The maximum atomic E-state index is 15.0. The number of pyridine rings is 1. The molecule has 1 aliphatic carbocycles. The zero-order valence-corrected chi connectivity index (χ0v) is 12.7. The van der Waals surface area contributed by atoms with Gasteiger partial charge in [0.25, 0.3) is 0 Å². The smallest absolute Gasteiger partial charge is 0.152 e. The molecule has 3 rings (SSSR count). The number of benzene rings is 1. The van der Waals surface area contributed by atoms with Gasteiger partial charge in [-0.3, -0.25) is 0 Å². The lowest BCUT2D eigenvalue weighted by molar-refractivity contribution is 0.594. The van der Waals surface area contributed by atoms with Crippen LogP contribution in [-0.4, -0.2) is 4.98 Å². The van der Waals surface area contributed by atoms with Gasteiger partial charge in [0.05, 0.1) is 5.52 Å². The second-order valence-electron chi connectivity index (χ2n) is 5.85. The Balaban J connectivity index is 2.16. The first-order chi connectivity index (χ1) is 10.3. The van der Waals surface area contributed by atoms with Crippen molar-refractivity contribution >= 4 is 16.5 Å². The van der Waals surface area contributed by atoms with E-state index in [1.165, 1.54) is 6.42 Å². The molecule has 0 aliphatic heterocycles. The largest absolute Gasteiger partial charge is 0.245 e. The minimum atomic E-state index is -0.0877. The number of fused-ring (bicyclic) bond motifs is 1. The second kappa shape index (κ2) is 6.38. The minimum absolute atomic E-state index is 0.0877. The van der Waals surface area contributed by atoms with Gasteiger partial charge in [-0.25, -0.2) is 9.37 Å². The van der Waals surface area contributed by atoms with E-state index in [0.29, 0.717) is 5.69 Å². The van der Waals surface area contributed by atoms with E-state index in [4.69, 9.17) is 0 Å². The summed E-state index contributed by atoms with van der Waals surface area (Å²) in [6.07, 6.45) is 9.42. The SMILES string of the molecule is CCCCc1c(F)c(C2=CCCCC2)nc2ccccc12. The third-order valence-electron chi connectivity index (χ3n) is 4.31. The number of nitrogens with zero attached hydrogens (tertiary/aromatic N) is 1. The van der Waals surface area contributed by atoms with Crippen molar-refractivity contribution in [1.82, 2.24) is 4.98 Å². The number of aryl methyl sites for hydroxylation is 1. The summed E-state index contributed by atoms with van der Waals surface area (Å²) in [4.78, 5) is 4.62. The molecule has 2 aromatic rings. The highest BCUT2D eigenvalue weighted by Gasteiger charge is 2.18. The average molecular weight is 283 g/mol. The van der Waals surface area contributed by atoms with Gasteiger partial charge in [-0.15, -0.1) is 0 Å². The fourth-order valence-electron chi connectivity index (χ4n) is 3.12. The van der Waals surface area contributed by atoms with Crippen LogP contribution in [0.4, 0.5) is 4.39 Å². The molecule has 0 saturated carbocycles. The van der Waals surface area contributed by atoms with Crippen LogP contribution >= 0.6 is 0 Å². The van der Waals surface area contributed by atoms with Crippen molar-refractivity contribution in [3.8, 4) is 0 Å². The van der Waals surface area contributed by atoms with Crippen LogP contribution in [0.3, 0.4) is 0 Å². The maximum Gasteiger partial charge on any atom is 0.152 e. The van der Waals surface area contributed by atoms with E-state index >= 15 is 4.39 Å². The van der Waals surface area contributed by atoms with Gasteiger partial charge in [-0.1, -0.05) is 37.6 Å². The highest BCUT2D eigenvalue weighted by atomic mass is 19.1. The van der Waals surface area contributed by atoms with Crippen molar-refractivity contribution in [2.24, 2.45) is 0 Å². The molecule has 0 bridgehead atoms. The van der Waals surface area contributed by atoms with Crippen LogP contribution in [0, 0.1) is 5.82 Å². The first kappa shape index (κ1) is 14.2. The van der Waals surface area contributed by atoms with Crippen LogP contribution in [0.1, 0.15) is 56.7 Å². The second-order valence-corrected chi connectivity index (χ2v) is 5.85. The molecule has 0 N–H and O–H groups in total. The summed E-state index contributed by atoms with van der Waals surface area (Å²) < 4.78 is 15.0. The first-order valence-corrected chi connectivity index (χ1v) is 8.07. The normalized spacial score (nSPS) is 15.2. The minimum Gasteiger partial charge on any atom is -0.245 e. The zero-order chi connectivity index (χ0) is 14.7. The van der Waals surface area contributed by atoms with E-state index in [-0.39, 0.29) is 5.82 Å². The van der Waals surface area contributed by atoms with Crippen molar-refractivity contribution in [2.45, 2.75) is 51.9 Å². The van der Waals surface area contributed by atoms with E-state index < -0.39 is 0 Å². The predicted molar refractivity (Wildman–Crippen MR) is 86.8 cm³/mol. The summed E-state index contributed by atoms with van der Waals surface area (Å²) in [7, 11) is 0. The van der Waals surface area contributed by atoms with E-state index in [2.05, 4.69) is 18.0 Å². The van der Waals surface area contributed by atoms with Crippen LogP contribution in [0.2, 0.25) is 0 Å². The van der Waals surface area contributed by atoms with Crippen molar-refractivity contribution in [1.29, 1.82) is 0 Å². The molecular weight excluding hydrogens is 261 g/mol. The van der Waals surface area contributed by atoms with Gasteiger partial charge < -0.3 is 0 Å². The highest BCUT2D eigenvalue weighted by Crippen LogP contribution is 2.32. The number of aromatic nitrogens is 1. The summed E-state index contributed by atoms with van der Waals surface area (Å²) in [5.41, 5.74) is 3.47. The molecule has 0 amide bonds. The molecule has 1 aliphatic rings.